The van der Waals surface area contributed by atoms with Crippen molar-refractivity contribution in [3.63, 3.8) is 0 Å². The molecule has 1 N–H and O–H groups in total. The maximum absolute atomic E-state index is 12.9. The van der Waals surface area contributed by atoms with Crippen molar-refractivity contribution in [2.75, 3.05) is 18.0 Å². The number of esters is 1. The van der Waals surface area contributed by atoms with Gasteiger partial charge in [0, 0.05) is 12.6 Å². The minimum absolute atomic E-state index is 0.118. The van der Waals surface area contributed by atoms with E-state index in [1.807, 2.05) is 6.92 Å². The highest BCUT2D eigenvalue weighted by atomic mass is 32.2. The molecule has 0 spiro atoms. The van der Waals surface area contributed by atoms with Gasteiger partial charge in [0.15, 0.2) is 6.61 Å². The fourth-order valence-corrected chi connectivity index (χ4v) is 7.82. The number of carbonyl (C=O) groups is 2. The summed E-state index contributed by atoms with van der Waals surface area (Å²) in [4.78, 5) is 25.3. The van der Waals surface area contributed by atoms with Gasteiger partial charge in [0.05, 0.1) is 16.1 Å². The molecule has 4 fully saturated rings. The molecule has 0 saturated heterocycles. The highest BCUT2D eigenvalue weighted by Crippen LogP contribution is 2.55. The van der Waals surface area contributed by atoms with Crippen molar-refractivity contribution in [1.29, 1.82) is 0 Å². The number of nitrogens with one attached hydrogen (secondary N) is 1. The Morgan fingerprint density at radius 2 is 1.49 bits per heavy atom. The van der Waals surface area contributed by atoms with Gasteiger partial charge in [-0.1, -0.05) is 17.7 Å². The van der Waals surface area contributed by atoms with Gasteiger partial charge in [-0.25, -0.2) is 13.2 Å². The number of nitrogens with zero attached hydrogens (tertiary/aromatic N) is 1. The average molecular weight is 497 g/mol. The molecule has 1 amide bonds. The number of hydrogen-bond donors (Lipinski definition) is 1. The van der Waals surface area contributed by atoms with Crippen LogP contribution in [0.25, 0.3) is 0 Å². The molecule has 35 heavy (non-hydrogen) atoms. The van der Waals surface area contributed by atoms with E-state index in [0.717, 1.165) is 42.6 Å². The first kappa shape index (κ1) is 23.9. The van der Waals surface area contributed by atoms with Crippen LogP contribution >= 0.6 is 0 Å². The van der Waals surface area contributed by atoms with Crippen LogP contribution in [-0.2, 0) is 19.6 Å². The van der Waals surface area contributed by atoms with E-state index in [1.54, 1.807) is 36.4 Å². The third-order valence-corrected chi connectivity index (χ3v) is 9.72. The Morgan fingerprint density at radius 1 is 0.943 bits per heavy atom. The lowest BCUT2D eigenvalue weighted by Gasteiger charge is -2.56. The van der Waals surface area contributed by atoms with Crippen molar-refractivity contribution < 1.29 is 22.7 Å². The van der Waals surface area contributed by atoms with Crippen LogP contribution in [0.5, 0.6) is 0 Å². The second-order valence-corrected chi connectivity index (χ2v) is 12.6. The number of rotatable bonds is 7. The normalized spacial score (nSPS) is 26.9. The van der Waals surface area contributed by atoms with E-state index < -0.39 is 16.0 Å². The Hall–Kier alpha value is -2.87. The minimum atomic E-state index is -3.72. The summed E-state index contributed by atoms with van der Waals surface area (Å²) < 4.78 is 32.2. The predicted molar refractivity (Wildman–Crippen MR) is 133 cm³/mol. The lowest BCUT2D eigenvalue weighted by Crippen LogP contribution is -2.60. The summed E-state index contributed by atoms with van der Waals surface area (Å²) in [5.41, 5.74) is 1.54. The van der Waals surface area contributed by atoms with Gasteiger partial charge in [0.1, 0.15) is 0 Å². The highest BCUT2D eigenvalue weighted by molar-refractivity contribution is 7.92. The number of amides is 1. The van der Waals surface area contributed by atoms with Crippen LogP contribution in [-0.4, -0.2) is 39.5 Å². The molecule has 7 nitrogen and oxygen atoms in total. The summed E-state index contributed by atoms with van der Waals surface area (Å²) in [7, 11) is -2.25. The Labute approximate surface area is 206 Å². The molecule has 2 aromatic carbocycles. The smallest absolute Gasteiger partial charge is 0.338 e. The summed E-state index contributed by atoms with van der Waals surface area (Å²) in [5, 5.41) is 3.20. The van der Waals surface area contributed by atoms with Gasteiger partial charge in [0.25, 0.3) is 15.9 Å². The molecule has 4 bridgehead atoms. The second kappa shape index (κ2) is 8.97. The monoisotopic (exact) mass is 496 g/mol. The molecule has 4 aliphatic rings. The molecular formula is C27H32N2O5S. The number of benzene rings is 2. The van der Waals surface area contributed by atoms with Crippen molar-refractivity contribution in [3.8, 4) is 0 Å². The summed E-state index contributed by atoms with van der Waals surface area (Å²) in [6.45, 7) is 1.58. The molecule has 2 aromatic rings. The zero-order valence-electron chi connectivity index (χ0n) is 20.2. The SMILES string of the molecule is Cc1ccc(S(=O)(=O)N(C)c2ccc(C(=O)OCC(=O)NC34CC5CC(CC(C5)C3)C4)cc2)cc1. The topological polar surface area (TPSA) is 92.8 Å². The summed E-state index contributed by atoms with van der Waals surface area (Å²) in [6, 6.07) is 12.8. The van der Waals surface area contributed by atoms with E-state index in [2.05, 4.69) is 5.32 Å². The van der Waals surface area contributed by atoms with Crippen LogP contribution in [0, 0.1) is 24.7 Å². The van der Waals surface area contributed by atoms with Crippen LogP contribution in [0.15, 0.2) is 53.4 Å². The average Bonchev–Trinajstić information content (AvgIpc) is 2.81. The number of carbonyl (C=O) groups excluding carboxylic acids is 2. The molecule has 0 aromatic heterocycles. The molecule has 4 saturated carbocycles. The number of ether oxygens (including phenoxy) is 1. The van der Waals surface area contributed by atoms with E-state index in [-0.39, 0.29) is 28.5 Å². The fraction of sp³-hybridized carbons (Fsp3) is 0.481. The Balaban J connectivity index is 1.17. The lowest BCUT2D eigenvalue weighted by molar-refractivity contribution is -0.130. The summed E-state index contributed by atoms with van der Waals surface area (Å²) in [6.07, 6.45) is 7.00. The third-order valence-electron chi connectivity index (χ3n) is 7.92. The predicted octanol–water partition coefficient (Wildman–Crippen LogP) is 4.06. The summed E-state index contributed by atoms with van der Waals surface area (Å²) in [5.74, 6) is 1.30. The zero-order valence-corrected chi connectivity index (χ0v) is 21.0. The van der Waals surface area contributed by atoms with Crippen LogP contribution < -0.4 is 9.62 Å². The van der Waals surface area contributed by atoms with Gasteiger partial charge in [-0.15, -0.1) is 0 Å². The van der Waals surface area contributed by atoms with Crippen LogP contribution in [0.2, 0.25) is 0 Å². The number of aryl methyl sites for hydroxylation is 1. The van der Waals surface area contributed by atoms with Crippen LogP contribution in [0.3, 0.4) is 0 Å². The van der Waals surface area contributed by atoms with Crippen molar-refractivity contribution in [1.82, 2.24) is 5.32 Å². The van der Waals surface area contributed by atoms with Crippen LogP contribution in [0.4, 0.5) is 5.69 Å². The van der Waals surface area contributed by atoms with Gasteiger partial charge >= 0.3 is 5.97 Å². The number of anilines is 1. The minimum Gasteiger partial charge on any atom is -0.452 e. The Kier molecular flexibility index (Phi) is 6.11. The zero-order chi connectivity index (χ0) is 24.8. The molecular weight excluding hydrogens is 464 g/mol. The molecule has 186 valence electrons. The van der Waals surface area contributed by atoms with Gasteiger partial charge < -0.3 is 10.1 Å². The fourth-order valence-electron chi connectivity index (χ4n) is 6.62. The summed E-state index contributed by atoms with van der Waals surface area (Å²) >= 11 is 0. The van der Waals surface area contributed by atoms with E-state index in [1.165, 1.54) is 42.7 Å². The maximum atomic E-state index is 12.9. The van der Waals surface area contributed by atoms with Crippen molar-refractivity contribution in [2.45, 2.75) is 55.9 Å². The van der Waals surface area contributed by atoms with Crippen molar-refractivity contribution in [2.24, 2.45) is 17.8 Å². The highest BCUT2D eigenvalue weighted by Gasteiger charge is 2.51. The van der Waals surface area contributed by atoms with E-state index in [4.69, 9.17) is 4.74 Å². The maximum Gasteiger partial charge on any atom is 0.338 e. The molecule has 0 heterocycles. The molecule has 8 heteroatoms. The quantitative estimate of drug-likeness (QED) is 0.584. The standard InChI is InChI=1S/C27H32N2O5S/c1-18-3-9-24(10-4-18)35(32,33)29(2)23-7-5-22(6-8-23)26(31)34-17-25(30)28-27-14-19-11-20(15-27)13-21(12-19)16-27/h3-10,19-21H,11-17H2,1-2H3,(H,28,30). The van der Waals surface area contributed by atoms with Gasteiger partial charge in [-0.2, -0.15) is 0 Å². The first-order valence-corrected chi connectivity index (χ1v) is 13.7. The number of hydrogen-bond acceptors (Lipinski definition) is 5. The first-order chi connectivity index (χ1) is 16.6. The Bertz CT molecular complexity index is 1190. The van der Waals surface area contributed by atoms with Crippen molar-refractivity contribution in [3.05, 3.63) is 59.7 Å². The van der Waals surface area contributed by atoms with E-state index in [0.29, 0.717) is 5.69 Å². The van der Waals surface area contributed by atoms with Gasteiger partial charge in [0.2, 0.25) is 0 Å². The number of sulfonamides is 1. The third kappa shape index (κ3) is 4.81. The largest absolute Gasteiger partial charge is 0.452 e. The molecule has 0 unspecified atom stereocenters. The van der Waals surface area contributed by atoms with Crippen molar-refractivity contribution >= 4 is 27.6 Å². The van der Waals surface area contributed by atoms with E-state index >= 15 is 0 Å². The lowest BCUT2D eigenvalue weighted by atomic mass is 9.53. The van der Waals surface area contributed by atoms with Crippen LogP contribution in [0.1, 0.15) is 54.4 Å². The molecule has 0 radical (unpaired) electrons. The molecule has 0 aliphatic heterocycles. The second-order valence-electron chi connectivity index (χ2n) is 10.7. The van der Waals surface area contributed by atoms with E-state index in [9.17, 15) is 18.0 Å². The van der Waals surface area contributed by atoms with Gasteiger partial charge in [-0.3, -0.25) is 9.10 Å². The Morgan fingerprint density at radius 3 is 2.03 bits per heavy atom. The first-order valence-electron chi connectivity index (χ1n) is 12.3. The molecule has 4 aliphatic carbocycles. The molecule has 6 rings (SSSR count). The van der Waals surface area contributed by atoms with Gasteiger partial charge in [-0.05, 0) is 99.6 Å². The molecule has 0 atom stereocenters.